The lowest BCUT2D eigenvalue weighted by atomic mass is 9.96. The highest BCUT2D eigenvalue weighted by molar-refractivity contribution is 7.13. The zero-order valence-corrected chi connectivity index (χ0v) is 12.8. The molecule has 2 aromatic heterocycles. The van der Waals surface area contributed by atoms with Gasteiger partial charge in [0.2, 0.25) is 0 Å². The van der Waals surface area contributed by atoms with E-state index >= 15 is 0 Å². The molecule has 2 aromatic rings. The molecule has 0 aromatic carbocycles. The highest BCUT2D eigenvalue weighted by atomic mass is 32.1. The summed E-state index contributed by atoms with van der Waals surface area (Å²) >= 11 is 1.15. The van der Waals surface area contributed by atoms with Gasteiger partial charge in [-0.3, -0.25) is 9.59 Å². The van der Waals surface area contributed by atoms with Gasteiger partial charge >= 0.3 is 12.1 Å². The quantitative estimate of drug-likeness (QED) is 0.910. The van der Waals surface area contributed by atoms with Crippen LogP contribution in [0.5, 0.6) is 0 Å². The Morgan fingerprint density at radius 2 is 2.12 bits per heavy atom. The number of nitrogens with zero attached hydrogens (tertiary/aromatic N) is 2. The number of likely N-dealkylation sites (tertiary alicyclic amines) is 1. The highest BCUT2D eigenvalue weighted by Crippen LogP contribution is 2.38. The van der Waals surface area contributed by atoms with Crippen molar-refractivity contribution in [3.63, 3.8) is 0 Å². The zero-order chi connectivity index (χ0) is 17.5. The lowest BCUT2D eigenvalue weighted by Crippen LogP contribution is -2.34. The summed E-state index contributed by atoms with van der Waals surface area (Å²) in [5.74, 6) is -6.02. The number of furan rings is 1. The van der Waals surface area contributed by atoms with Crippen LogP contribution in [0.1, 0.15) is 10.5 Å². The van der Waals surface area contributed by atoms with E-state index in [2.05, 4.69) is 4.98 Å². The number of hydrogen-bond acceptors (Lipinski definition) is 5. The molecule has 1 aliphatic rings. The Bertz CT molecular complexity index is 756. The molecule has 3 rings (SSSR count). The number of carboxylic acid groups (broad SMARTS) is 1. The minimum absolute atomic E-state index is 0.0110. The fourth-order valence-electron chi connectivity index (χ4n) is 2.60. The Labute approximate surface area is 137 Å². The first-order valence-electron chi connectivity index (χ1n) is 6.84. The topological polar surface area (TPSA) is 83.6 Å². The Balaban J connectivity index is 1.80. The second-order valence-electron chi connectivity index (χ2n) is 5.35. The molecule has 1 aliphatic heterocycles. The van der Waals surface area contributed by atoms with Crippen molar-refractivity contribution in [2.75, 3.05) is 13.1 Å². The first kappa shape index (κ1) is 16.5. The average molecular weight is 360 g/mol. The summed E-state index contributed by atoms with van der Waals surface area (Å²) < 4.78 is 43.8. The summed E-state index contributed by atoms with van der Waals surface area (Å²) in [6, 6.07) is 1.64. The van der Waals surface area contributed by atoms with Crippen LogP contribution in [0, 0.1) is 11.8 Å². The minimum Gasteiger partial charge on any atom is -0.481 e. The Morgan fingerprint density at radius 1 is 1.38 bits per heavy atom. The van der Waals surface area contributed by atoms with Gasteiger partial charge in [0.1, 0.15) is 17.0 Å². The molecular formula is C14H11F3N2O4S. The van der Waals surface area contributed by atoms with Gasteiger partial charge in [-0.25, -0.2) is 4.98 Å². The van der Waals surface area contributed by atoms with Crippen molar-refractivity contribution in [1.82, 2.24) is 9.88 Å². The lowest BCUT2D eigenvalue weighted by molar-refractivity contribution is -0.187. The molecule has 0 radical (unpaired) electrons. The lowest BCUT2D eigenvalue weighted by Gasteiger charge is -2.18. The van der Waals surface area contributed by atoms with Crippen LogP contribution < -0.4 is 0 Å². The van der Waals surface area contributed by atoms with E-state index in [4.69, 9.17) is 9.52 Å². The van der Waals surface area contributed by atoms with Gasteiger partial charge in [0.25, 0.3) is 5.91 Å². The summed E-state index contributed by atoms with van der Waals surface area (Å²) in [6.07, 6.45) is -1.81. The molecule has 0 saturated carbocycles. The van der Waals surface area contributed by atoms with Crippen molar-refractivity contribution < 1.29 is 32.3 Å². The summed E-state index contributed by atoms with van der Waals surface area (Å²) in [6.45, 7) is -1.17. The van der Waals surface area contributed by atoms with Crippen molar-refractivity contribution in [3.8, 4) is 10.6 Å². The molecule has 6 nitrogen and oxygen atoms in total. The predicted octanol–water partition coefficient (Wildman–Crippen LogP) is 2.74. The highest BCUT2D eigenvalue weighted by Gasteiger charge is 2.53. The van der Waals surface area contributed by atoms with Gasteiger partial charge in [-0.15, -0.1) is 11.3 Å². The third-order valence-corrected chi connectivity index (χ3v) is 4.73. The van der Waals surface area contributed by atoms with Crippen LogP contribution in [-0.2, 0) is 4.79 Å². The van der Waals surface area contributed by atoms with Crippen molar-refractivity contribution in [2.24, 2.45) is 11.8 Å². The van der Waals surface area contributed by atoms with Crippen LogP contribution in [0.4, 0.5) is 13.2 Å². The summed E-state index contributed by atoms with van der Waals surface area (Å²) in [5.41, 5.74) is 0.639. The number of amides is 1. The van der Waals surface area contributed by atoms with Gasteiger partial charge in [0.15, 0.2) is 0 Å². The van der Waals surface area contributed by atoms with E-state index in [1.165, 1.54) is 17.9 Å². The summed E-state index contributed by atoms with van der Waals surface area (Å²) in [7, 11) is 0. The molecule has 0 unspecified atom stereocenters. The van der Waals surface area contributed by atoms with Crippen molar-refractivity contribution >= 4 is 23.2 Å². The van der Waals surface area contributed by atoms with E-state index in [0.717, 1.165) is 16.2 Å². The Hall–Kier alpha value is -2.36. The minimum atomic E-state index is -4.68. The normalized spacial score (nSPS) is 21.2. The number of aromatic nitrogens is 1. The fraction of sp³-hybridized carbons (Fsp3) is 0.357. The molecule has 24 heavy (non-hydrogen) atoms. The largest absolute Gasteiger partial charge is 0.481 e. The average Bonchev–Trinajstić information content (AvgIpc) is 3.23. The third-order valence-electron chi connectivity index (χ3n) is 3.84. The second-order valence-corrected chi connectivity index (χ2v) is 6.21. The number of aliphatic carboxylic acids is 1. The number of carboxylic acids is 1. The predicted molar refractivity (Wildman–Crippen MR) is 76.4 cm³/mol. The number of hydrogen-bond donors (Lipinski definition) is 1. The molecule has 128 valence electrons. The molecular weight excluding hydrogens is 349 g/mol. The van der Waals surface area contributed by atoms with Crippen LogP contribution in [0.25, 0.3) is 10.6 Å². The van der Waals surface area contributed by atoms with E-state index < -0.39 is 43.0 Å². The van der Waals surface area contributed by atoms with Crippen LogP contribution in [0.3, 0.4) is 0 Å². The first-order valence-corrected chi connectivity index (χ1v) is 7.72. The van der Waals surface area contributed by atoms with Crippen molar-refractivity contribution in [1.29, 1.82) is 0 Å². The van der Waals surface area contributed by atoms with Crippen LogP contribution in [0.15, 0.2) is 28.4 Å². The Morgan fingerprint density at radius 3 is 2.67 bits per heavy atom. The van der Waals surface area contributed by atoms with Crippen LogP contribution in [0.2, 0.25) is 0 Å². The van der Waals surface area contributed by atoms with Gasteiger partial charge in [0, 0.05) is 24.0 Å². The summed E-state index contributed by atoms with van der Waals surface area (Å²) in [5, 5.41) is 10.9. The van der Waals surface area contributed by atoms with Crippen molar-refractivity contribution in [3.05, 3.63) is 29.7 Å². The SMILES string of the molecule is O=C(O)[C@@H]1CN(C(=O)c2csc(-c3ccoc3)n2)C[C@H]1C(F)(F)F. The van der Waals surface area contributed by atoms with Crippen LogP contribution >= 0.6 is 11.3 Å². The molecule has 2 atom stereocenters. The molecule has 1 fully saturated rings. The van der Waals surface area contributed by atoms with E-state index in [-0.39, 0.29) is 5.69 Å². The maximum atomic E-state index is 13.0. The van der Waals surface area contributed by atoms with Crippen LogP contribution in [-0.4, -0.2) is 46.1 Å². The monoisotopic (exact) mass is 360 g/mol. The maximum Gasteiger partial charge on any atom is 0.394 e. The van der Waals surface area contributed by atoms with Gasteiger partial charge < -0.3 is 14.4 Å². The number of carbonyl (C=O) groups excluding carboxylic acids is 1. The summed E-state index contributed by atoms with van der Waals surface area (Å²) in [4.78, 5) is 28.4. The van der Waals surface area contributed by atoms with Gasteiger partial charge in [-0.2, -0.15) is 13.2 Å². The van der Waals surface area contributed by atoms with E-state index in [9.17, 15) is 22.8 Å². The fourth-order valence-corrected chi connectivity index (χ4v) is 3.38. The molecule has 1 saturated heterocycles. The smallest absolute Gasteiger partial charge is 0.394 e. The third kappa shape index (κ3) is 3.01. The van der Waals surface area contributed by atoms with Gasteiger partial charge in [0.05, 0.1) is 18.1 Å². The number of halogens is 3. The molecule has 1 N–H and O–H groups in total. The maximum absolute atomic E-state index is 13.0. The molecule has 0 spiro atoms. The van der Waals surface area contributed by atoms with Crippen molar-refractivity contribution in [2.45, 2.75) is 6.18 Å². The first-order chi connectivity index (χ1) is 11.3. The number of alkyl halides is 3. The Kier molecular flexibility index (Phi) is 4.08. The number of thiazole rings is 1. The van der Waals surface area contributed by atoms with E-state index in [1.807, 2.05) is 0 Å². The van der Waals surface area contributed by atoms with E-state index in [1.54, 1.807) is 6.07 Å². The molecule has 3 heterocycles. The second kappa shape index (κ2) is 5.93. The molecule has 0 aliphatic carbocycles. The zero-order valence-electron chi connectivity index (χ0n) is 12.0. The number of carbonyl (C=O) groups is 2. The molecule has 0 bridgehead atoms. The molecule has 10 heteroatoms. The van der Waals surface area contributed by atoms with E-state index in [0.29, 0.717) is 10.6 Å². The van der Waals surface area contributed by atoms with Gasteiger partial charge in [-0.05, 0) is 6.07 Å². The molecule has 1 amide bonds. The van der Waals surface area contributed by atoms with Gasteiger partial charge in [-0.1, -0.05) is 0 Å². The number of rotatable bonds is 3. The standard InChI is InChI=1S/C14H11F3N2O4S/c15-14(16,17)9-4-19(3-8(9)13(21)22)12(20)10-6-24-11(18-10)7-1-2-23-5-7/h1-2,5-6,8-9H,3-4H2,(H,21,22)/t8-,9-/m1/s1.